The van der Waals surface area contributed by atoms with Crippen LogP contribution >= 0.6 is 0 Å². The Morgan fingerprint density at radius 2 is 1.66 bits per heavy atom. The number of ether oxygens (including phenoxy) is 1. The highest BCUT2D eigenvalue weighted by molar-refractivity contribution is 6.03. The number of nitrogens with one attached hydrogen (secondary N) is 2. The smallest absolute Gasteiger partial charge is 0.248 e. The first-order valence-corrected chi connectivity index (χ1v) is 13.5. The summed E-state index contributed by atoms with van der Waals surface area (Å²) in [5, 5.41) is 6.53. The molecule has 38 heavy (non-hydrogen) atoms. The molecule has 1 saturated carbocycles. The number of benzene rings is 3. The Labute approximate surface area is 226 Å². The SMILES string of the molecule is COc1cccc(NCC(=O)N(c2ccc(C)c(C)c2)C(C(=O)NC2CCCCC2)c2ccccc2C)c1. The van der Waals surface area contributed by atoms with Crippen molar-refractivity contribution >= 4 is 23.2 Å². The van der Waals surface area contributed by atoms with Gasteiger partial charge < -0.3 is 15.4 Å². The van der Waals surface area contributed by atoms with Crippen molar-refractivity contribution in [3.8, 4) is 5.75 Å². The zero-order chi connectivity index (χ0) is 27.1. The first-order valence-electron chi connectivity index (χ1n) is 13.5. The van der Waals surface area contributed by atoms with E-state index in [4.69, 9.17) is 4.74 Å². The second-order valence-electron chi connectivity index (χ2n) is 10.2. The van der Waals surface area contributed by atoms with Gasteiger partial charge in [-0.3, -0.25) is 14.5 Å². The van der Waals surface area contributed by atoms with E-state index in [0.717, 1.165) is 53.6 Å². The number of methoxy groups -OCH3 is 1. The van der Waals surface area contributed by atoms with E-state index in [1.165, 1.54) is 6.42 Å². The van der Waals surface area contributed by atoms with Crippen LogP contribution in [0.2, 0.25) is 0 Å². The molecule has 6 heteroatoms. The van der Waals surface area contributed by atoms with Gasteiger partial charge in [-0.15, -0.1) is 0 Å². The van der Waals surface area contributed by atoms with Crippen LogP contribution in [-0.4, -0.2) is 31.5 Å². The lowest BCUT2D eigenvalue weighted by Crippen LogP contribution is -2.48. The number of carbonyl (C=O) groups excluding carboxylic acids is 2. The molecule has 2 amide bonds. The maximum Gasteiger partial charge on any atom is 0.248 e. The molecule has 1 fully saturated rings. The maximum absolute atomic E-state index is 14.1. The molecule has 1 unspecified atom stereocenters. The highest BCUT2D eigenvalue weighted by Crippen LogP contribution is 2.32. The predicted octanol–water partition coefficient (Wildman–Crippen LogP) is 6.26. The van der Waals surface area contributed by atoms with Crippen molar-refractivity contribution in [2.45, 2.75) is 65.0 Å². The number of carbonyl (C=O) groups is 2. The molecule has 3 aromatic carbocycles. The lowest BCUT2D eigenvalue weighted by atomic mass is 9.93. The third-order valence-electron chi connectivity index (χ3n) is 7.49. The van der Waals surface area contributed by atoms with E-state index in [1.807, 2.05) is 87.5 Å². The maximum atomic E-state index is 14.1. The molecule has 6 nitrogen and oxygen atoms in total. The molecule has 0 aliphatic heterocycles. The number of aryl methyl sites for hydroxylation is 3. The normalized spacial score (nSPS) is 14.4. The van der Waals surface area contributed by atoms with E-state index in [0.29, 0.717) is 11.4 Å². The molecule has 0 spiro atoms. The van der Waals surface area contributed by atoms with Gasteiger partial charge >= 0.3 is 0 Å². The molecule has 0 bridgehead atoms. The molecule has 1 atom stereocenters. The van der Waals surface area contributed by atoms with Crippen LogP contribution in [0.1, 0.15) is 60.4 Å². The van der Waals surface area contributed by atoms with Gasteiger partial charge in [0.1, 0.15) is 11.8 Å². The fourth-order valence-corrected chi connectivity index (χ4v) is 5.13. The Morgan fingerprint density at radius 1 is 0.895 bits per heavy atom. The number of anilines is 2. The summed E-state index contributed by atoms with van der Waals surface area (Å²) in [6.45, 7) is 6.10. The Balaban J connectivity index is 1.72. The Hall–Kier alpha value is -3.80. The van der Waals surface area contributed by atoms with Crippen molar-refractivity contribution in [2.24, 2.45) is 0 Å². The Kier molecular flexibility index (Phi) is 9.06. The van der Waals surface area contributed by atoms with Gasteiger partial charge in [0.05, 0.1) is 13.7 Å². The predicted molar refractivity (Wildman–Crippen MR) is 154 cm³/mol. The average Bonchev–Trinajstić information content (AvgIpc) is 2.93. The van der Waals surface area contributed by atoms with E-state index in [1.54, 1.807) is 12.0 Å². The highest BCUT2D eigenvalue weighted by atomic mass is 16.5. The number of amides is 2. The standard InChI is InChI=1S/C32H39N3O3/c1-22-17-18-27(19-24(22)3)35(30(36)21-33-26-14-10-15-28(20-26)38-4)31(29-16-9-8-11-23(29)2)32(37)34-25-12-6-5-7-13-25/h8-11,14-20,25,31,33H,5-7,12-13,21H2,1-4H3,(H,34,37). The lowest BCUT2D eigenvalue weighted by Gasteiger charge is -2.34. The number of hydrogen-bond acceptors (Lipinski definition) is 4. The van der Waals surface area contributed by atoms with Crippen molar-refractivity contribution in [1.29, 1.82) is 0 Å². The van der Waals surface area contributed by atoms with E-state index < -0.39 is 6.04 Å². The number of rotatable bonds is 9. The van der Waals surface area contributed by atoms with Crippen LogP contribution in [0.4, 0.5) is 11.4 Å². The van der Waals surface area contributed by atoms with E-state index in [2.05, 4.69) is 10.6 Å². The fraction of sp³-hybridized carbons (Fsp3) is 0.375. The van der Waals surface area contributed by atoms with Gasteiger partial charge in [0, 0.05) is 23.5 Å². The van der Waals surface area contributed by atoms with Crippen LogP contribution < -0.4 is 20.3 Å². The zero-order valence-electron chi connectivity index (χ0n) is 22.9. The third kappa shape index (κ3) is 6.55. The highest BCUT2D eigenvalue weighted by Gasteiger charge is 2.35. The first-order chi connectivity index (χ1) is 18.4. The Bertz CT molecular complexity index is 1270. The fourth-order valence-electron chi connectivity index (χ4n) is 5.13. The van der Waals surface area contributed by atoms with Gasteiger partial charge in [-0.1, -0.05) is 55.7 Å². The first kappa shape index (κ1) is 27.2. The van der Waals surface area contributed by atoms with Crippen molar-refractivity contribution < 1.29 is 14.3 Å². The summed E-state index contributed by atoms with van der Waals surface area (Å²) >= 11 is 0. The van der Waals surface area contributed by atoms with Crippen LogP contribution in [0.25, 0.3) is 0 Å². The molecule has 200 valence electrons. The number of nitrogens with zero attached hydrogens (tertiary/aromatic N) is 1. The summed E-state index contributed by atoms with van der Waals surface area (Å²) in [6.07, 6.45) is 5.38. The molecule has 1 aliphatic rings. The van der Waals surface area contributed by atoms with E-state index in [-0.39, 0.29) is 24.4 Å². The molecule has 1 aliphatic carbocycles. The third-order valence-corrected chi connectivity index (χ3v) is 7.49. The van der Waals surface area contributed by atoms with Crippen LogP contribution in [0, 0.1) is 20.8 Å². The molecule has 3 aromatic rings. The van der Waals surface area contributed by atoms with Gasteiger partial charge in [-0.25, -0.2) is 0 Å². The van der Waals surface area contributed by atoms with Gasteiger partial charge in [0.15, 0.2) is 0 Å². The van der Waals surface area contributed by atoms with E-state index >= 15 is 0 Å². The zero-order valence-corrected chi connectivity index (χ0v) is 22.9. The van der Waals surface area contributed by atoms with Crippen LogP contribution in [0.5, 0.6) is 5.75 Å². The summed E-state index contributed by atoms with van der Waals surface area (Å²) < 4.78 is 5.33. The molecule has 0 aromatic heterocycles. The van der Waals surface area contributed by atoms with Crippen molar-refractivity contribution in [2.75, 3.05) is 23.9 Å². The van der Waals surface area contributed by atoms with E-state index in [9.17, 15) is 9.59 Å². The molecular formula is C32H39N3O3. The van der Waals surface area contributed by atoms with Crippen LogP contribution in [-0.2, 0) is 9.59 Å². The summed E-state index contributed by atoms with van der Waals surface area (Å²) in [6, 6.07) is 20.6. The molecular weight excluding hydrogens is 474 g/mol. The monoisotopic (exact) mass is 513 g/mol. The quantitative estimate of drug-likeness (QED) is 0.355. The molecule has 4 rings (SSSR count). The molecule has 0 saturated heterocycles. The molecule has 0 radical (unpaired) electrons. The minimum absolute atomic E-state index is 0.0270. The van der Waals surface area contributed by atoms with Gasteiger partial charge in [0.25, 0.3) is 0 Å². The second kappa shape index (κ2) is 12.6. The molecule has 0 heterocycles. The minimum Gasteiger partial charge on any atom is -0.497 e. The van der Waals surface area contributed by atoms with Crippen molar-refractivity contribution in [3.63, 3.8) is 0 Å². The summed E-state index contributed by atoms with van der Waals surface area (Å²) in [4.78, 5) is 29.8. The number of hydrogen-bond donors (Lipinski definition) is 2. The largest absolute Gasteiger partial charge is 0.497 e. The summed E-state index contributed by atoms with van der Waals surface area (Å²) in [5.74, 6) is 0.375. The summed E-state index contributed by atoms with van der Waals surface area (Å²) in [5.41, 5.74) is 5.48. The van der Waals surface area contributed by atoms with Gasteiger partial charge in [0.2, 0.25) is 11.8 Å². The van der Waals surface area contributed by atoms with Gasteiger partial charge in [-0.2, -0.15) is 0 Å². The minimum atomic E-state index is -0.792. The average molecular weight is 514 g/mol. The van der Waals surface area contributed by atoms with Crippen molar-refractivity contribution in [3.05, 3.63) is 89.0 Å². The second-order valence-corrected chi connectivity index (χ2v) is 10.2. The van der Waals surface area contributed by atoms with Gasteiger partial charge in [-0.05, 0) is 80.1 Å². The topological polar surface area (TPSA) is 70.7 Å². The molecule has 2 N–H and O–H groups in total. The van der Waals surface area contributed by atoms with Crippen LogP contribution in [0.3, 0.4) is 0 Å². The lowest BCUT2D eigenvalue weighted by molar-refractivity contribution is -0.126. The van der Waals surface area contributed by atoms with Crippen LogP contribution in [0.15, 0.2) is 66.7 Å². The Morgan fingerprint density at radius 3 is 2.37 bits per heavy atom. The summed E-state index contributed by atoms with van der Waals surface area (Å²) in [7, 11) is 1.61. The van der Waals surface area contributed by atoms with Crippen molar-refractivity contribution in [1.82, 2.24) is 5.32 Å².